The summed E-state index contributed by atoms with van der Waals surface area (Å²) in [5.74, 6) is 0. The van der Waals surface area contributed by atoms with Crippen LogP contribution in [0.2, 0.25) is 0 Å². The second kappa shape index (κ2) is 3.05. The molecule has 0 N–H and O–H groups in total. The summed E-state index contributed by atoms with van der Waals surface area (Å²) < 4.78 is 1.44. The van der Waals surface area contributed by atoms with Gasteiger partial charge in [0.25, 0.3) is 0 Å². The fraction of sp³-hybridized carbons (Fsp3) is 0. The van der Waals surface area contributed by atoms with E-state index in [0.717, 1.165) is 0 Å². The molecule has 1 aromatic rings. The summed E-state index contributed by atoms with van der Waals surface area (Å²) in [6.07, 6.45) is 0. The van der Waals surface area contributed by atoms with E-state index in [4.69, 9.17) is 8.25 Å². The number of hydrogen-bond donors (Lipinski definition) is 0. The second-order valence-electron chi connectivity index (χ2n) is 1.27. The van der Waals surface area contributed by atoms with Gasteiger partial charge in [-0.3, -0.25) is 0 Å². The second-order valence-corrected chi connectivity index (χ2v) is 8.60. The van der Waals surface area contributed by atoms with Crippen molar-refractivity contribution in [1.82, 2.24) is 0 Å². The van der Waals surface area contributed by atoms with Crippen LogP contribution in [0.3, 0.4) is 0 Å². The first kappa shape index (κ1) is 6.05. The maximum absolute atomic E-state index is 5.70. The maximum atomic E-state index is 5.70. The van der Waals surface area contributed by atoms with Crippen molar-refractivity contribution < 1.29 is 23.3 Å². The first-order chi connectivity index (χ1) is 3.43. The van der Waals surface area contributed by atoms with E-state index in [0.29, 0.717) is 0 Å². The van der Waals surface area contributed by atoms with Gasteiger partial charge >= 0.3 is 62.8 Å². The summed E-state index contributed by atoms with van der Waals surface area (Å²) >= 11 is 0.736. The van der Waals surface area contributed by atoms with Crippen molar-refractivity contribution in [2.24, 2.45) is 0 Å². The minimum atomic E-state index is -1.000. The first-order valence-corrected chi connectivity index (χ1v) is 12.5. The monoisotopic (exact) mass is 320 g/mol. The van der Waals surface area contributed by atoms with Gasteiger partial charge < -0.3 is 0 Å². The standard InChI is InChI=1S/C4H3S.ClH.Hg/c1-2-4-5-3-1;;/h1,3-4H;1H;/q;;+1/p-1. The molecule has 0 saturated carbocycles. The SMILES string of the molecule is [Cl][Hg][c]1ccsc1. The van der Waals surface area contributed by atoms with Crippen LogP contribution < -0.4 is 3.07 Å². The predicted octanol–water partition coefficient (Wildman–Crippen LogP) is 1.61. The topological polar surface area (TPSA) is 0 Å². The van der Waals surface area contributed by atoms with E-state index in [-0.39, 0.29) is 0 Å². The molecule has 0 fully saturated rings. The number of hydrogen-bond acceptors (Lipinski definition) is 1. The van der Waals surface area contributed by atoms with E-state index in [1.165, 1.54) is 3.07 Å². The third-order valence-electron chi connectivity index (χ3n) is 0.734. The Labute approximate surface area is 62.4 Å². The van der Waals surface area contributed by atoms with Crippen LogP contribution in [0, 0.1) is 0 Å². The molecule has 34 valence electrons. The van der Waals surface area contributed by atoms with Gasteiger partial charge in [-0.25, -0.2) is 0 Å². The molecule has 0 aliphatic rings. The van der Waals surface area contributed by atoms with Gasteiger partial charge in [0.15, 0.2) is 0 Å². The van der Waals surface area contributed by atoms with Crippen molar-refractivity contribution in [3.05, 3.63) is 16.8 Å². The average molecular weight is 319 g/mol. The summed E-state index contributed by atoms with van der Waals surface area (Å²) in [4.78, 5) is 0. The Morgan fingerprint density at radius 2 is 2.57 bits per heavy atom. The molecule has 0 spiro atoms. The molecule has 1 heterocycles. The third kappa shape index (κ3) is 1.71. The van der Waals surface area contributed by atoms with Gasteiger partial charge in [-0.1, -0.05) is 0 Å². The Hall–Kier alpha value is 0.925. The molecule has 0 radical (unpaired) electrons. The molecule has 1 aromatic heterocycles. The Morgan fingerprint density at radius 3 is 2.86 bits per heavy atom. The van der Waals surface area contributed by atoms with Crippen LogP contribution in [0.4, 0.5) is 0 Å². The molecule has 3 heteroatoms. The Kier molecular flexibility index (Phi) is 2.64. The molecule has 0 unspecified atom stereocenters. The zero-order valence-corrected chi connectivity index (χ0v) is 10.8. The van der Waals surface area contributed by atoms with E-state index in [1.807, 2.05) is 0 Å². The fourth-order valence-electron chi connectivity index (χ4n) is 0.369. The third-order valence-corrected chi connectivity index (χ3v) is 8.23. The molecule has 0 amide bonds. The molecular formula is C4H3ClHgS. The predicted molar refractivity (Wildman–Crippen MR) is 29.8 cm³/mol. The number of thiophene rings is 1. The molecule has 0 aliphatic heterocycles. The van der Waals surface area contributed by atoms with Crippen molar-refractivity contribution in [3.63, 3.8) is 0 Å². The quantitative estimate of drug-likeness (QED) is 0.690. The number of rotatable bonds is 1. The molecule has 0 atom stereocenters. The Morgan fingerprint density at radius 1 is 1.71 bits per heavy atom. The van der Waals surface area contributed by atoms with E-state index >= 15 is 0 Å². The van der Waals surface area contributed by atoms with Gasteiger partial charge in [0, 0.05) is 0 Å². The van der Waals surface area contributed by atoms with Crippen LogP contribution in [-0.2, 0) is 23.3 Å². The van der Waals surface area contributed by atoms with Crippen molar-refractivity contribution in [1.29, 1.82) is 0 Å². The van der Waals surface area contributed by atoms with Crippen LogP contribution in [0.5, 0.6) is 0 Å². The summed E-state index contributed by atoms with van der Waals surface area (Å²) in [5.41, 5.74) is 0. The van der Waals surface area contributed by atoms with Gasteiger partial charge in [0.05, 0.1) is 0 Å². The van der Waals surface area contributed by atoms with Crippen LogP contribution in [0.25, 0.3) is 0 Å². The first-order valence-electron chi connectivity index (χ1n) is 2.00. The van der Waals surface area contributed by atoms with Gasteiger partial charge in [-0.15, -0.1) is 0 Å². The Balaban J connectivity index is 2.76. The van der Waals surface area contributed by atoms with Crippen LogP contribution >= 0.6 is 19.6 Å². The van der Waals surface area contributed by atoms with Gasteiger partial charge in [-0.2, -0.15) is 0 Å². The summed E-state index contributed by atoms with van der Waals surface area (Å²) in [7, 11) is 5.70. The molecule has 0 aliphatic carbocycles. The fourth-order valence-corrected chi connectivity index (χ4v) is 6.78. The zero-order chi connectivity index (χ0) is 5.11. The van der Waals surface area contributed by atoms with Crippen molar-refractivity contribution in [2.45, 2.75) is 0 Å². The van der Waals surface area contributed by atoms with Crippen molar-refractivity contribution in [2.75, 3.05) is 0 Å². The summed E-state index contributed by atoms with van der Waals surface area (Å²) in [5, 5.41) is 4.23. The normalized spacial score (nSPS) is 8.14. The minimum absolute atomic E-state index is 1.000. The summed E-state index contributed by atoms with van der Waals surface area (Å²) in [6.45, 7) is 0. The molecule has 0 saturated heterocycles. The molecule has 1 rings (SSSR count). The molecular weight excluding hydrogens is 316 g/mol. The van der Waals surface area contributed by atoms with Crippen LogP contribution in [-0.4, -0.2) is 0 Å². The van der Waals surface area contributed by atoms with E-state index < -0.39 is 23.3 Å². The van der Waals surface area contributed by atoms with Gasteiger partial charge in [0.1, 0.15) is 0 Å². The van der Waals surface area contributed by atoms with Gasteiger partial charge in [0.2, 0.25) is 0 Å². The van der Waals surface area contributed by atoms with E-state index in [9.17, 15) is 0 Å². The Bertz CT molecular complexity index is 126. The van der Waals surface area contributed by atoms with E-state index in [1.54, 1.807) is 11.3 Å². The van der Waals surface area contributed by atoms with Crippen molar-refractivity contribution in [3.8, 4) is 0 Å². The van der Waals surface area contributed by atoms with Crippen molar-refractivity contribution >= 4 is 22.7 Å². The number of halogens is 1. The van der Waals surface area contributed by atoms with Gasteiger partial charge in [-0.05, 0) is 0 Å². The molecule has 0 bridgehead atoms. The summed E-state index contributed by atoms with van der Waals surface area (Å²) in [6, 6.07) is 2.12. The van der Waals surface area contributed by atoms with Crippen LogP contribution in [0.1, 0.15) is 0 Å². The molecule has 0 nitrogen and oxygen atoms in total. The van der Waals surface area contributed by atoms with Crippen LogP contribution in [0.15, 0.2) is 16.8 Å². The molecule has 7 heavy (non-hydrogen) atoms. The van der Waals surface area contributed by atoms with E-state index in [2.05, 4.69) is 16.8 Å². The zero-order valence-electron chi connectivity index (χ0n) is 3.73. The molecule has 0 aromatic carbocycles. The average Bonchev–Trinajstić information content (AvgIpc) is 2.14.